The van der Waals surface area contributed by atoms with Crippen LogP contribution in [0.1, 0.15) is 232 Å². The molecule has 0 aromatic carbocycles. The van der Waals surface area contributed by atoms with Crippen LogP contribution in [0.15, 0.2) is 60.8 Å². The van der Waals surface area contributed by atoms with Crippen LogP contribution in [-0.4, -0.2) is 49.3 Å². The van der Waals surface area contributed by atoms with Crippen molar-refractivity contribution in [2.24, 2.45) is 5.73 Å². The minimum absolute atomic E-state index is 0.0539. The van der Waals surface area contributed by atoms with E-state index >= 15 is 0 Å². The lowest BCUT2D eigenvalue weighted by molar-refractivity contribution is -0.161. The number of unbranched alkanes of at least 4 members (excludes halogenated alkanes) is 25. The molecule has 2 atom stereocenters. The minimum atomic E-state index is -4.37. The van der Waals surface area contributed by atoms with Crippen molar-refractivity contribution in [3.63, 3.8) is 0 Å². The first-order valence-corrected chi connectivity index (χ1v) is 27.3. The Morgan fingerprint density at radius 1 is 0.492 bits per heavy atom. The molecule has 2 unspecified atom stereocenters. The lowest BCUT2D eigenvalue weighted by atomic mass is 10.0. The molecule has 9 nitrogen and oxygen atoms in total. The Labute approximate surface area is 387 Å². The average molecular weight is 906 g/mol. The summed E-state index contributed by atoms with van der Waals surface area (Å²) in [4.78, 5) is 34.9. The summed E-state index contributed by atoms with van der Waals surface area (Å²) in [6.45, 7) is 3.61. The van der Waals surface area contributed by atoms with Gasteiger partial charge in [0.1, 0.15) is 6.61 Å². The van der Waals surface area contributed by atoms with Gasteiger partial charge in [0, 0.05) is 19.4 Å². The molecule has 0 amide bonds. The first kappa shape index (κ1) is 60.7. The largest absolute Gasteiger partial charge is 0.472 e. The Balaban J connectivity index is 3.84. The van der Waals surface area contributed by atoms with Crippen molar-refractivity contribution in [1.29, 1.82) is 0 Å². The van der Waals surface area contributed by atoms with E-state index in [1.807, 2.05) is 0 Å². The van der Waals surface area contributed by atoms with Crippen LogP contribution in [0, 0.1) is 0 Å². The van der Waals surface area contributed by atoms with Gasteiger partial charge < -0.3 is 20.1 Å². The minimum Gasteiger partial charge on any atom is -0.462 e. The van der Waals surface area contributed by atoms with E-state index in [0.29, 0.717) is 6.42 Å². The molecule has 0 bridgehead atoms. The first-order valence-electron chi connectivity index (χ1n) is 25.8. The normalized spacial score (nSPS) is 13.7. The fraction of sp³-hybridized carbons (Fsp3) is 0.774. The van der Waals surface area contributed by atoms with Gasteiger partial charge in [0.05, 0.1) is 13.2 Å². The van der Waals surface area contributed by atoms with Gasteiger partial charge in [-0.3, -0.25) is 18.6 Å². The van der Waals surface area contributed by atoms with E-state index in [2.05, 4.69) is 74.6 Å². The molecule has 0 heterocycles. The van der Waals surface area contributed by atoms with Gasteiger partial charge in [0.15, 0.2) is 6.10 Å². The van der Waals surface area contributed by atoms with E-state index in [1.165, 1.54) is 128 Å². The summed E-state index contributed by atoms with van der Waals surface area (Å²) in [7, 11) is -4.37. The maximum Gasteiger partial charge on any atom is 0.472 e. The SMILES string of the molecule is CC/C=C\C/C=C\C/C=C\C/C=C\C/C=C\CCCCCCCCCCCCCCCCCCCC(=O)OC(COC(=O)CCCCCCCCCCC)COP(=O)(O)OCCN. The van der Waals surface area contributed by atoms with Crippen molar-refractivity contribution in [3.8, 4) is 0 Å². The summed E-state index contributed by atoms with van der Waals surface area (Å²) >= 11 is 0. The molecular formula is C53H96NO8P. The number of esters is 2. The maximum atomic E-state index is 12.6. The first-order chi connectivity index (χ1) is 30.8. The molecule has 0 aromatic heterocycles. The summed E-state index contributed by atoms with van der Waals surface area (Å²) in [5.41, 5.74) is 5.35. The Kier molecular flexibility index (Phi) is 47.4. The molecule has 10 heteroatoms. The van der Waals surface area contributed by atoms with Crippen LogP contribution in [0.3, 0.4) is 0 Å². The maximum absolute atomic E-state index is 12.6. The summed E-state index contributed by atoms with van der Waals surface area (Å²) in [6.07, 6.45) is 60.1. The predicted molar refractivity (Wildman–Crippen MR) is 266 cm³/mol. The van der Waals surface area contributed by atoms with Gasteiger partial charge >= 0.3 is 19.8 Å². The van der Waals surface area contributed by atoms with Crippen molar-refractivity contribution >= 4 is 19.8 Å². The van der Waals surface area contributed by atoms with Gasteiger partial charge in [-0.05, 0) is 57.8 Å². The molecule has 0 fully saturated rings. The monoisotopic (exact) mass is 906 g/mol. The third-order valence-corrected chi connectivity index (χ3v) is 11.9. The number of carbonyl (C=O) groups excluding carboxylic acids is 2. The number of hydrogen-bond donors (Lipinski definition) is 2. The molecular weight excluding hydrogens is 810 g/mol. The molecule has 0 aliphatic rings. The van der Waals surface area contributed by atoms with Gasteiger partial charge in [0.25, 0.3) is 0 Å². The third-order valence-electron chi connectivity index (χ3n) is 10.9. The smallest absolute Gasteiger partial charge is 0.462 e. The van der Waals surface area contributed by atoms with Crippen molar-refractivity contribution in [2.45, 2.75) is 238 Å². The fourth-order valence-electron chi connectivity index (χ4n) is 7.13. The Bertz CT molecular complexity index is 1220. The second-order valence-electron chi connectivity index (χ2n) is 17.0. The van der Waals surface area contributed by atoms with Crippen molar-refractivity contribution < 1.29 is 37.6 Å². The van der Waals surface area contributed by atoms with E-state index in [9.17, 15) is 19.0 Å². The Morgan fingerprint density at radius 3 is 1.30 bits per heavy atom. The summed E-state index contributed by atoms with van der Waals surface area (Å²) < 4.78 is 32.8. The van der Waals surface area contributed by atoms with E-state index in [-0.39, 0.29) is 38.6 Å². The molecule has 366 valence electrons. The zero-order valence-electron chi connectivity index (χ0n) is 40.6. The van der Waals surface area contributed by atoms with Crippen LogP contribution in [0.5, 0.6) is 0 Å². The summed E-state index contributed by atoms with van der Waals surface area (Å²) in [5, 5.41) is 0. The number of nitrogens with two attached hydrogens (primary N) is 1. The van der Waals surface area contributed by atoms with Crippen LogP contribution >= 0.6 is 7.82 Å². The number of phosphoric acid groups is 1. The molecule has 0 aliphatic heterocycles. The summed E-state index contributed by atoms with van der Waals surface area (Å²) in [5.74, 6) is -0.825. The number of carbonyl (C=O) groups is 2. The number of allylic oxidation sites excluding steroid dienone is 10. The molecule has 0 aromatic rings. The fourth-order valence-corrected chi connectivity index (χ4v) is 7.90. The predicted octanol–water partition coefficient (Wildman–Crippen LogP) is 15.6. The van der Waals surface area contributed by atoms with Gasteiger partial charge in [-0.15, -0.1) is 0 Å². The Morgan fingerprint density at radius 2 is 0.873 bits per heavy atom. The van der Waals surface area contributed by atoms with Gasteiger partial charge in [-0.2, -0.15) is 0 Å². The standard InChI is InChI=1S/C53H96NO8P/c1-3-5-7-9-11-13-14-15-16-17-18-19-20-21-22-23-24-25-26-27-28-29-30-31-32-33-34-35-36-38-40-42-44-46-53(56)62-51(50-61-63(57,58)60-48-47-54)49-59-52(55)45-43-41-39-37-12-10-8-6-4-2/h5,7,11,13,15-16,18-19,21-22,51H,3-4,6,8-10,12,14,17,20,23-50,54H2,1-2H3,(H,57,58)/b7-5-,13-11-,16-15-,19-18-,22-21-. The van der Waals surface area contributed by atoms with Crippen LogP contribution in [0.25, 0.3) is 0 Å². The van der Waals surface area contributed by atoms with Crippen LogP contribution in [-0.2, 0) is 32.7 Å². The van der Waals surface area contributed by atoms with E-state index in [1.54, 1.807) is 0 Å². The van der Waals surface area contributed by atoms with E-state index in [4.69, 9.17) is 24.3 Å². The highest BCUT2D eigenvalue weighted by atomic mass is 31.2. The molecule has 0 aliphatic carbocycles. The molecule has 3 N–H and O–H groups in total. The third kappa shape index (κ3) is 49.0. The lowest BCUT2D eigenvalue weighted by Gasteiger charge is -2.19. The zero-order chi connectivity index (χ0) is 46.0. The molecule has 63 heavy (non-hydrogen) atoms. The van der Waals surface area contributed by atoms with Gasteiger partial charge in [-0.25, -0.2) is 4.57 Å². The number of hydrogen-bond acceptors (Lipinski definition) is 8. The number of rotatable bonds is 48. The molecule has 0 radical (unpaired) electrons. The second-order valence-corrected chi connectivity index (χ2v) is 18.5. The average Bonchev–Trinajstić information content (AvgIpc) is 3.27. The van der Waals surface area contributed by atoms with Crippen LogP contribution < -0.4 is 5.73 Å². The molecule has 0 rings (SSSR count). The van der Waals surface area contributed by atoms with Crippen molar-refractivity contribution in [2.75, 3.05) is 26.4 Å². The van der Waals surface area contributed by atoms with Gasteiger partial charge in [0.2, 0.25) is 0 Å². The van der Waals surface area contributed by atoms with E-state index in [0.717, 1.165) is 70.6 Å². The highest BCUT2D eigenvalue weighted by Crippen LogP contribution is 2.43. The van der Waals surface area contributed by atoms with Gasteiger partial charge in [-0.1, -0.05) is 222 Å². The Hall–Kier alpha value is -2.29. The molecule has 0 saturated carbocycles. The molecule has 0 saturated heterocycles. The molecule has 0 spiro atoms. The quantitative estimate of drug-likeness (QED) is 0.0265. The topological polar surface area (TPSA) is 134 Å². The van der Waals surface area contributed by atoms with Crippen LogP contribution in [0.2, 0.25) is 0 Å². The number of phosphoric ester groups is 1. The zero-order valence-corrected chi connectivity index (χ0v) is 41.4. The summed E-state index contributed by atoms with van der Waals surface area (Å²) in [6, 6.07) is 0. The second kappa shape index (κ2) is 49.2. The highest BCUT2D eigenvalue weighted by molar-refractivity contribution is 7.47. The lowest BCUT2D eigenvalue weighted by Crippen LogP contribution is -2.29. The van der Waals surface area contributed by atoms with E-state index < -0.39 is 26.5 Å². The van der Waals surface area contributed by atoms with Crippen molar-refractivity contribution in [1.82, 2.24) is 0 Å². The van der Waals surface area contributed by atoms with Crippen molar-refractivity contribution in [3.05, 3.63) is 60.8 Å². The number of ether oxygens (including phenoxy) is 2. The van der Waals surface area contributed by atoms with Crippen LogP contribution in [0.4, 0.5) is 0 Å². The highest BCUT2D eigenvalue weighted by Gasteiger charge is 2.26.